The van der Waals surface area contributed by atoms with E-state index in [9.17, 15) is 9.90 Å². The molecular weight excluding hydrogens is 244 g/mol. The minimum absolute atomic E-state index is 0.189. The Morgan fingerprint density at radius 2 is 2.11 bits per heavy atom. The van der Waals surface area contributed by atoms with Crippen LogP contribution < -0.4 is 16.6 Å². The van der Waals surface area contributed by atoms with E-state index in [-0.39, 0.29) is 11.9 Å². The molecule has 2 unspecified atom stereocenters. The summed E-state index contributed by atoms with van der Waals surface area (Å²) in [5.74, 6) is 5.43. The van der Waals surface area contributed by atoms with Gasteiger partial charge < -0.3 is 15.8 Å². The van der Waals surface area contributed by atoms with Crippen molar-refractivity contribution in [2.75, 3.05) is 5.43 Å². The molecule has 1 aliphatic rings. The molecule has 0 saturated heterocycles. The number of nitrogens with two attached hydrogens (primary N) is 1. The summed E-state index contributed by atoms with van der Waals surface area (Å²) >= 11 is 0. The van der Waals surface area contributed by atoms with E-state index in [1.54, 1.807) is 18.2 Å². The number of aromatic nitrogens is 1. The molecule has 6 nitrogen and oxygen atoms in total. The summed E-state index contributed by atoms with van der Waals surface area (Å²) in [7, 11) is 0. The number of nitrogens with zero attached hydrogens (tertiary/aromatic N) is 1. The number of pyridine rings is 1. The third-order valence-corrected chi connectivity index (χ3v) is 3.43. The van der Waals surface area contributed by atoms with E-state index in [0.717, 1.165) is 32.1 Å². The maximum absolute atomic E-state index is 12.1. The average molecular weight is 264 g/mol. The third-order valence-electron chi connectivity index (χ3n) is 3.43. The minimum Gasteiger partial charge on any atom is -0.391 e. The van der Waals surface area contributed by atoms with Crippen LogP contribution in [0.5, 0.6) is 0 Å². The van der Waals surface area contributed by atoms with E-state index in [2.05, 4.69) is 15.7 Å². The lowest BCUT2D eigenvalue weighted by molar-refractivity contribution is 0.0814. The summed E-state index contributed by atoms with van der Waals surface area (Å²) in [6.07, 6.45) is 4.22. The highest BCUT2D eigenvalue weighted by atomic mass is 16.3. The van der Waals surface area contributed by atoms with Crippen LogP contribution in [-0.2, 0) is 0 Å². The molecule has 0 aliphatic heterocycles. The van der Waals surface area contributed by atoms with Crippen molar-refractivity contribution < 1.29 is 9.90 Å². The van der Waals surface area contributed by atoms with E-state index in [0.29, 0.717) is 11.5 Å². The van der Waals surface area contributed by atoms with Gasteiger partial charge in [0.25, 0.3) is 5.91 Å². The normalized spacial score (nSPS) is 23.5. The molecule has 1 fully saturated rings. The number of hydrazine groups is 1. The number of carbonyl (C=O) groups is 1. The lowest BCUT2D eigenvalue weighted by Crippen LogP contribution is -2.43. The lowest BCUT2D eigenvalue weighted by Gasteiger charge is -2.21. The van der Waals surface area contributed by atoms with Crippen LogP contribution in [0.1, 0.15) is 42.6 Å². The van der Waals surface area contributed by atoms with Gasteiger partial charge in [-0.3, -0.25) is 4.79 Å². The fourth-order valence-electron chi connectivity index (χ4n) is 2.34. The Morgan fingerprint density at radius 3 is 2.89 bits per heavy atom. The molecule has 19 heavy (non-hydrogen) atoms. The standard InChI is InChI=1S/C13H20N4O2/c14-17-12-8-4-6-10(15-12)13(19)16-9-5-2-1-3-7-11(9)18/h4,6,8-9,11,18H,1-3,5,7,14H2,(H,15,17)(H,16,19). The number of nitrogen functional groups attached to an aromatic ring is 1. The van der Waals surface area contributed by atoms with Crippen molar-refractivity contribution in [1.29, 1.82) is 0 Å². The number of aliphatic hydroxyl groups is 1. The molecule has 104 valence electrons. The molecule has 5 N–H and O–H groups in total. The van der Waals surface area contributed by atoms with Crippen LogP contribution in [0.15, 0.2) is 18.2 Å². The minimum atomic E-state index is -0.470. The second kappa shape index (κ2) is 6.49. The van der Waals surface area contributed by atoms with Crippen molar-refractivity contribution >= 4 is 11.7 Å². The molecule has 2 rings (SSSR count). The maximum Gasteiger partial charge on any atom is 0.270 e. The predicted molar refractivity (Wildman–Crippen MR) is 72.4 cm³/mol. The van der Waals surface area contributed by atoms with Gasteiger partial charge in [-0.15, -0.1) is 0 Å². The van der Waals surface area contributed by atoms with E-state index in [4.69, 9.17) is 5.84 Å². The van der Waals surface area contributed by atoms with Gasteiger partial charge in [0.1, 0.15) is 11.5 Å². The number of hydrogen-bond donors (Lipinski definition) is 4. The number of rotatable bonds is 3. The van der Waals surface area contributed by atoms with Crippen LogP contribution in [0.3, 0.4) is 0 Å². The van der Waals surface area contributed by atoms with Gasteiger partial charge in [0, 0.05) is 0 Å². The molecule has 0 bridgehead atoms. The summed E-state index contributed by atoms with van der Waals surface area (Å²) in [6, 6.07) is 4.82. The van der Waals surface area contributed by atoms with Crippen molar-refractivity contribution in [2.45, 2.75) is 44.2 Å². The van der Waals surface area contributed by atoms with Gasteiger partial charge in [0.05, 0.1) is 12.1 Å². The van der Waals surface area contributed by atoms with Gasteiger partial charge in [-0.2, -0.15) is 0 Å². The molecule has 1 aromatic heterocycles. The Morgan fingerprint density at radius 1 is 1.32 bits per heavy atom. The van der Waals surface area contributed by atoms with Crippen LogP contribution >= 0.6 is 0 Å². The smallest absolute Gasteiger partial charge is 0.270 e. The van der Waals surface area contributed by atoms with Crippen molar-refractivity contribution in [3.05, 3.63) is 23.9 Å². The first kappa shape index (κ1) is 13.8. The highest BCUT2D eigenvalue weighted by molar-refractivity contribution is 5.92. The number of amides is 1. The van der Waals surface area contributed by atoms with Gasteiger partial charge in [0.2, 0.25) is 0 Å². The number of carbonyl (C=O) groups excluding carboxylic acids is 1. The monoisotopic (exact) mass is 264 g/mol. The predicted octanol–water partition coefficient (Wildman–Crippen LogP) is 0.791. The van der Waals surface area contributed by atoms with Gasteiger partial charge in [0.15, 0.2) is 0 Å². The summed E-state index contributed by atoms with van der Waals surface area (Å²) in [6.45, 7) is 0. The van der Waals surface area contributed by atoms with Crippen LogP contribution in [0.25, 0.3) is 0 Å². The van der Waals surface area contributed by atoms with Crippen molar-refractivity contribution in [3.63, 3.8) is 0 Å². The zero-order chi connectivity index (χ0) is 13.7. The molecular formula is C13H20N4O2. The van der Waals surface area contributed by atoms with E-state index < -0.39 is 6.10 Å². The molecule has 0 spiro atoms. The largest absolute Gasteiger partial charge is 0.391 e. The van der Waals surface area contributed by atoms with Crippen LogP contribution in [0.2, 0.25) is 0 Å². The Hall–Kier alpha value is -1.66. The van der Waals surface area contributed by atoms with Gasteiger partial charge in [-0.25, -0.2) is 10.8 Å². The maximum atomic E-state index is 12.1. The average Bonchev–Trinajstić information content (AvgIpc) is 2.64. The van der Waals surface area contributed by atoms with Crippen LogP contribution in [-0.4, -0.2) is 28.1 Å². The van der Waals surface area contributed by atoms with Crippen LogP contribution in [0.4, 0.5) is 5.82 Å². The van der Waals surface area contributed by atoms with Crippen molar-refractivity contribution in [2.24, 2.45) is 5.84 Å². The highest BCUT2D eigenvalue weighted by Crippen LogP contribution is 2.18. The Balaban J connectivity index is 2.02. The third kappa shape index (κ3) is 3.65. The molecule has 1 heterocycles. The molecule has 1 aliphatic carbocycles. The summed E-state index contributed by atoms with van der Waals surface area (Å²) in [5.41, 5.74) is 2.70. The first-order valence-corrected chi connectivity index (χ1v) is 6.63. The van der Waals surface area contributed by atoms with Crippen molar-refractivity contribution in [3.8, 4) is 0 Å². The van der Waals surface area contributed by atoms with E-state index in [1.165, 1.54) is 0 Å². The number of hydrogen-bond acceptors (Lipinski definition) is 5. The fourth-order valence-corrected chi connectivity index (χ4v) is 2.34. The molecule has 1 amide bonds. The van der Waals surface area contributed by atoms with Gasteiger partial charge >= 0.3 is 0 Å². The fraction of sp³-hybridized carbons (Fsp3) is 0.538. The quantitative estimate of drug-likeness (QED) is 0.367. The molecule has 1 aromatic rings. The topological polar surface area (TPSA) is 100 Å². The highest BCUT2D eigenvalue weighted by Gasteiger charge is 2.23. The van der Waals surface area contributed by atoms with Gasteiger partial charge in [-0.05, 0) is 25.0 Å². The Labute approximate surface area is 112 Å². The second-order valence-corrected chi connectivity index (χ2v) is 4.84. The molecule has 0 radical (unpaired) electrons. The summed E-state index contributed by atoms with van der Waals surface area (Å²) in [5, 5.41) is 12.8. The number of aliphatic hydroxyl groups excluding tert-OH is 1. The molecule has 1 saturated carbocycles. The second-order valence-electron chi connectivity index (χ2n) is 4.84. The summed E-state index contributed by atoms with van der Waals surface area (Å²) in [4.78, 5) is 16.2. The van der Waals surface area contributed by atoms with Gasteiger partial charge in [-0.1, -0.05) is 25.3 Å². The Kier molecular flexibility index (Phi) is 4.70. The molecule has 2 atom stereocenters. The first-order chi connectivity index (χ1) is 9.20. The number of nitrogens with one attached hydrogen (secondary N) is 2. The SMILES string of the molecule is NNc1cccc(C(=O)NC2CCCCCC2O)n1. The van der Waals surface area contributed by atoms with E-state index >= 15 is 0 Å². The zero-order valence-electron chi connectivity index (χ0n) is 10.8. The number of anilines is 1. The summed E-state index contributed by atoms with van der Waals surface area (Å²) < 4.78 is 0. The van der Waals surface area contributed by atoms with Crippen molar-refractivity contribution in [1.82, 2.24) is 10.3 Å². The van der Waals surface area contributed by atoms with Crippen LogP contribution in [0, 0.1) is 0 Å². The first-order valence-electron chi connectivity index (χ1n) is 6.63. The lowest BCUT2D eigenvalue weighted by atomic mass is 10.1. The molecule has 0 aromatic carbocycles. The van der Waals surface area contributed by atoms with E-state index in [1.807, 2.05) is 0 Å². The Bertz CT molecular complexity index is 438. The zero-order valence-corrected chi connectivity index (χ0v) is 10.8. The molecule has 6 heteroatoms.